The van der Waals surface area contributed by atoms with E-state index in [0.29, 0.717) is 0 Å². The summed E-state index contributed by atoms with van der Waals surface area (Å²) in [5.41, 5.74) is 3.47. The van der Waals surface area contributed by atoms with Gasteiger partial charge >= 0.3 is 0 Å². The summed E-state index contributed by atoms with van der Waals surface area (Å²) in [5.74, 6) is 2.65. The zero-order chi connectivity index (χ0) is 19.0. The molecule has 0 spiro atoms. The number of anilines is 1. The lowest BCUT2D eigenvalue weighted by molar-refractivity contribution is 0.415. The molecule has 3 aromatic rings. The van der Waals surface area contributed by atoms with Gasteiger partial charge in [0.25, 0.3) is 0 Å². The maximum atomic E-state index is 5.43. The van der Waals surface area contributed by atoms with Gasteiger partial charge in [-0.05, 0) is 42.0 Å². The minimum Gasteiger partial charge on any atom is -0.497 e. The number of ether oxygens (including phenoxy) is 1. The van der Waals surface area contributed by atoms with E-state index in [1.165, 1.54) is 18.4 Å². The minimum absolute atomic E-state index is 0.139. The number of aromatic nitrogens is 2. The van der Waals surface area contributed by atoms with Crippen molar-refractivity contribution in [1.82, 2.24) is 9.97 Å². The molecule has 4 nitrogen and oxygen atoms in total. The molecule has 2 heterocycles. The average molecular weight is 361 g/mol. The Labute approximate surface area is 161 Å². The highest BCUT2D eigenvalue weighted by molar-refractivity contribution is 5.92. The predicted octanol–water partition coefficient (Wildman–Crippen LogP) is 5.20. The van der Waals surface area contributed by atoms with Crippen molar-refractivity contribution >= 4 is 16.7 Å². The van der Waals surface area contributed by atoms with Gasteiger partial charge in [0.15, 0.2) is 5.82 Å². The van der Waals surface area contributed by atoms with E-state index in [1.807, 2.05) is 12.1 Å². The number of benzene rings is 2. The molecular weight excluding hydrogens is 334 g/mol. The quantitative estimate of drug-likeness (QED) is 0.642. The van der Waals surface area contributed by atoms with Crippen LogP contribution in [0.5, 0.6) is 5.75 Å². The van der Waals surface area contributed by atoms with Crippen molar-refractivity contribution in [3.8, 4) is 17.1 Å². The highest BCUT2D eigenvalue weighted by atomic mass is 16.5. The van der Waals surface area contributed by atoms with Gasteiger partial charge in [-0.3, -0.25) is 0 Å². The van der Waals surface area contributed by atoms with Crippen molar-refractivity contribution in [2.75, 3.05) is 25.1 Å². The summed E-state index contributed by atoms with van der Waals surface area (Å²) in [4.78, 5) is 12.2. The van der Waals surface area contributed by atoms with Crippen LogP contribution in [0.4, 0.5) is 5.82 Å². The largest absolute Gasteiger partial charge is 0.497 e. The average Bonchev–Trinajstić information content (AvgIpc) is 3.20. The summed E-state index contributed by atoms with van der Waals surface area (Å²) in [7, 11) is 1.70. The van der Waals surface area contributed by atoms with Crippen LogP contribution in [0, 0.1) is 0 Å². The molecular formula is C23H27N3O. The van der Waals surface area contributed by atoms with Crippen molar-refractivity contribution in [2.24, 2.45) is 0 Å². The lowest BCUT2D eigenvalue weighted by atomic mass is 9.87. The molecule has 0 atom stereocenters. The first-order chi connectivity index (χ1) is 13.0. The van der Waals surface area contributed by atoms with Gasteiger partial charge in [0, 0.05) is 24.0 Å². The third-order valence-electron chi connectivity index (χ3n) is 5.30. The fourth-order valence-corrected chi connectivity index (χ4v) is 3.64. The Balaban J connectivity index is 1.84. The molecule has 1 fully saturated rings. The zero-order valence-electron chi connectivity index (χ0n) is 16.6. The van der Waals surface area contributed by atoms with E-state index in [0.717, 1.165) is 46.9 Å². The van der Waals surface area contributed by atoms with E-state index < -0.39 is 0 Å². The Morgan fingerprint density at radius 1 is 0.926 bits per heavy atom. The Morgan fingerprint density at radius 3 is 2.26 bits per heavy atom. The van der Waals surface area contributed by atoms with Crippen molar-refractivity contribution < 1.29 is 4.74 Å². The van der Waals surface area contributed by atoms with Gasteiger partial charge in [0.1, 0.15) is 11.6 Å². The van der Waals surface area contributed by atoms with E-state index >= 15 is 0 Å². The molecule has 1 aliphatic heterocycles. The fourth-order valence-electron chi connectivity index (χ4n) is 3.64. The van der Waals surface area contributed by atoms with Crippen molar-refractivity contribution in [1.29, 1.82) is 0 Å². The molecule has 0 saturated carbocycles. The number of rotatable bonds is 3. The molecule has 0 unspecified atom stereocenters. The Hall–Kier alpha value is -2.62. The number of nitrogens with zero attached hydrogens (tertiary/aromatic N) is 3. The molecule has 1 saturated heterocycles. The molecule has 0 N–H and O–H groups in total. The topological polar surface area (TPSA) is 38.3 Å². The van der Waals surface area contributed by atoms with Gasteiger partial charge in [-0.2, -0.15) is 0 Å². The molecule has 27 heavy (non-hydrogen) atoms. The highest BCUT2D eigenvalue weighted by Gasteiger charge is 2.20. The summed E-state index contributed by atoms with van der Waals surface area (Å²) in [6, 6.07) is 14.7. The molecule has 140 valence electrons. The van der Waals surface area contributed by atoms with Crippen molar-refractivity contribution in [3.05, 3.63) is 48.0 Å². The summed E-state index contributed by atoms with van der Waals surface area (Å²) in [6.45, 7) is 8.78. The molecule has 0 aliphatic carbocycles. The van der Waals surface area contributed by atoms with Gasteiger partial charge in [-0.15, -0.1) is 0 Å². The van der Waals surface area contributed by atoms with Crippen LogP contribution in [-0.4, -0.2) is 30.2 Å². The Kier molecular flexibility index (Phi) is 4.50. The standard InChI is InChI=1S/C23H27N3O/c1-23(2,3)17-9-7-16(8-10-17)21-24-20-12-11-18(27-4)15-19(20)22(25-21)26-13-5-6-14-26/h7-12,15H,5-6,13-14H2,1-4H3. The van der Waals surface area contributed by atoms with Crippen molar-refractivity contribution in [2.45, 2.75) is 39.0 Å². The predicted molar refractivity (Wildman–Crippen MR) is 112 cm³/mol. The molecule has 4 heteroatoms. The number of fused-ring (bicyclic) bond motifs is 1. The molecule has 0 amide bonds. The fraction of sp³-hybridized carbons (Fsp3) is 0.391. The highest BCUT2D eigenvalue weighted by Crippen LogP contribution is 2.32. The Morgan fingerprint density at radius 2 is 1.63 bits per heavy atom. The lowest BCUT2D eigenvalue weighted by Gasteiger charge is -2.21. The summed E-state index contributed by atoms with van der Waals surface area (Å²) in [5, 5.41) is 1.06. The van der Waals surface area contributed by atoms with Crippen LogP contribution in [0.15, 0.2) is 42.5 Å². The molecule has 4 rings (SSSR count). The maximum Gasteiger partial charge on any atom is 0.162 e. The van der Waals surface area contributed by atoms with E-state index in [2.05, 4.69) is 56.0 Å². The van der Waals surface area contributed by atoms with Crippen LogP contribution in [0.25, 0.3) is 22.3 Å². The molecule has 2 aromatic carbocycles. The summed E-state index contributed by atoms with van der Waals surface area (Å²) in [6.07, 6.45) is 2.43. The zero-order valence-corrected chi connectivity index (χ0v) is 16.6. The number of hydrogen-bond donors (Lipinski definition) is 0. The van der Waals surface area contributed by atoms with Crippen LogP contribution in [0.3, 0.4) is 0 Å². The van der Waals surface area contributed by atoms with Gasteiger partial charge in [0.05, 0.1) is 12.6 Å². The van der Waals surface area contributed by atoms with Crippen LogP contribution in [0.2, 0.25) is 0 Å². The maximum absolute atomic E-state index is 5.43. The minimum atomic E-state index is 0.139. The number of methoxy groups -OCH3 is 1. The SMILES string of the molecule is COc1ccc2nc(-c3ccc(C(C)(C)C)cc3)nc(N3CCCC3)c2c1. The lowest BCUT2D eigenvalue weighted by Crippen LogP contribution is -2.20. The van der Waals surface area contributed by atoms with Crippen LogP contribution in [0.1, 0.15) is 39.2 Å². The van der Waals surface area contributed by atoms with E-state index in [-0.39, 0.29) is 5.41 Å². The first kappa shape index (κ1) is 17.8. The van der Waals surface area contributed by atoms with E-state index in [1.54, 1.807) is 7.11 Å². The first-order valence-corrected chi connectivity index (χ1v) is 9.67. The second-order valence-electron chi connectivity index (χ2n) is 8.28. The second kappa shape index (κ2) is 6.84. The summed E-state index contributed by atoms with van der Waals surface area (Å²) < 4.78 is 5.43. The van der Waals surface area contributed by atoms with Crippen LogP contribution >= 0.6 is 0 Å². The van der Waals surface area contributed by atoms with Crippen molar-refractivity contribution in [3.63, 3.8) is 0 Å². The third kappa shape index (κ3) is 3.48. The van der Waals surface area contributed by atoms with E-state index in [9.17, 15) is 0 Å². The second-order valence-corrected chi connectivity index (χ2v) is 8.28. The van der Waals surface area contributed by atoms with Crippen LogP contribution < -0.4 is 9.64 Å². The Bertz CT molecular complexity index is 952. The molecule has 1 aliphatic rings. The van der Waals surface area contributed by atoms with Crippen LogP contribution in [-0.2, 0) is 5.41 Å². The first-order valence-electron chi connectivity index (χ1n) is 9.67. The molecule has 0 radical (unpaired) electrons. The van der Waals surface area contributed by atoms with Gasteiger partial charge in [-0.1, -0.05) is 45.0 Å². The van der Waals surface area contributed by atoms with Gasteiger partial charge < -0.3 is 9.64 Å². The molecule has 1 aromatic heterocycles. The molecule has 0 bridgehead atoms. The third-order valence-corrected chi connectivity index (χ3v) is 5.30. The van der Waals surface area contributed by atoms with Gasteiger partial charge in [-0.25, -0.2) is 9.97 Å². The van der Waals surface area contributed by atoms with E-state index in [4.69, 9.17) is 14.7 Å². The summed E-state index contributed by atoms with van der Waals surface area (Å²) >= 11 is 0. The normalized spacial score (nSPS) is 14.7. The number of hydrogen-bond acceptors (Lipinski definition) is 4. The monoisotopic (exact) mass is 361 g/mol. The smallest absolute Gasteiger partial charge is 0.162 e. The van der Waals surface area contributed by atoms with Gasteiger partial charge in [0.2, 0.25) is 0 Å².